The minimum absolute atomic E-state index is 0.452. The quantitative estimate of drug-likeness (QED) is 0.883. The number of nitrogens with one attached hydrogen (secondary N) is 1. The van der Waals surface area contributed by atoms with E-state index in [2.05, 4.69) is 28.2 Å². The van der Waals surface area contributed by atoms with Gasteiger partial charge in [0.15, 0.2) is 0 Å². The molecule has 0 unspecified atom stereocenters. The van der Waals surface area contributed by atoms with Crippen LogP contribution in [0, 0.1) is 0 Å². The Labute approximate surface area is 115 Å². The molecule has 0 spiro atoms. The van der Waals surface area contributed by atoms with Gasteiger partial charge in [-0.2, -0.15) is 0 Å². The summed E-state index contributed by atoms with van der Waals surface area (Å²) >= 11 is 3.39. The summed E-state index contributed by atoms with van der Waals surface area (Å²) in [6.07, 6.45) is 1.77. The van der Waals surface area contributed by atoms with Crippen LogP contribution in [-0.2, 0) is 13.2 Å². The van der Waals surface area contributed by atoms with Crippen molar-refractivity contribution >= 4 is 15.9 Å². The van der Waals surface area contributed by atoms with E-state index in [1.165, 1.54) is 0 Å². The molecule has 2 aromatic rings. The molecule has 0 radical (unpaired) electrons. The number of ether oxygens (including phenoxy) is 1. The summed E-state index contributed by atoms with van der Waals surface area (Å²) in [5, 5.41) is 3.25. The summed E-state index contributed by atoms with van der Waals surface area (Å²) in [4.78, 5) is 0. The number of benzene rings is 1. The summed E-state index contributed by atoms with van der Waals surface area (Å²) in [7, 11) is 0. The highest BCUT2D eigenvalue weighted by Gasteiger charge is 2.02. The monoisotopic (exact) mass is 309 g/mol. The minimum Gasteiger partial charge on any atom is -0.486 e. The average Bonchev–Trinajstić information content (AvgIpc) is 2.84. The van der Waals surface area contributed by atoms with Gasteiger partial charge in [-0.05, 0) is 36.9 Å². The van der Waals surface area contributed by atoms with E-state index < -0.39 is 0 Å². The van der Waals surface area contributed by atoms with Crippen LogP contribution >= 0.6 is 15.9 Å². The van der Waals surface area contributed by atoms with E-state index in [-0.39, 0.29) is 0 Å². The summed E-state index contributed by atoms with van der Waals surface area (Å²) in [5.74, 6) is 1.67. The van der Waals surface area contributed by atoms with Gasteiger partial charge in [0, 0.05) is 16.6 Å². The predicted molar refractivity (Wildman–Crippen MR) is 74.6 cm³/mol. The van der Waals surface area contributed by atoms with Crippen molar-refractivity contribution < 1.29 is 9.15 Å². The molecular formula is C14H16BrNO2. The van der Waals surface area contributed by atoms with Crippen molar-refractivity contribution in [1.29, 1.82) is 0 Å². The van der Waals surface area contributed by atoms with Crippen LogP contribution in [-0.4, -0.2) is 6.54 Å². The molecule has 1 N–H and O–H groups in total. The van der Waals surface area contributed by atoms with Gasteiger partial charge in [0.1, 0.15) is 18.1 Å². The van der Waals surface area contributed by atoms with E-state index in [1.54, 1.807) is 6.26 Å². The number of furan rings is 1. The first kappa shape index (κ1) is 13.2. The van der Waals surface area contributed by atoms with Gasteiger partial charge in [-0.1, -0.05) is 22.9 Å². The molecule has 1 aromatic heterocycles. The maximum absolute atomic E-state index is 5.63. The lowest BCUT2D eigenvalue weighted by atomic mass is 10.3. The molecule has 0 amide bonds. The Bertz CT molecular complexity index is 479. The van der Waals surface area contributed by atoms with Crippen molar-refractivity contribution in [3.63, 3.8) is 0 Å². The fourth-order valence-electron chi connectivity index (χ4n) is 1.55. The second kappa shape index (κ2) is 6.61. The van der Waals surface area contributed by atoms with Crippen LogP contribution in [0.4, 0.5) is 0 Å². The number of hydrogen-bond donors (Lipinski definition) is 1. The van der Waals surface area contributed by atoms with E-state index in [0.29, 0.717) is 6.61 Å². The second-order valence-electron chi connectivity index (χ2n) is 3.94. The number of rotatable bonds is 6. The van der Waals surface area contributed by atoms with Gasteiger partial charge in [-0.15, -0.1) is 0 Å². The maximum atomic E-state index is 5.63. The Morgan fingerprint density at radius 1 is 1.28 bits per heavy atom. The Morgan fingerprint density at radius 3 is 2.78 bits per heavy atom. The van der Waals surface area contributed by atoms with Gasteiger partial charge < -0.3 is 14.5 Å². The first-order valence-corrected chi connectivity index (χ1v) is 6.72. The zero-order valence-corrected chi connectivity index (χ0v) is 11.9. The summed E-state index contributed by atoms with van der Waals surface area (Å²) in [6.45, 7) is 4.32. The van der Waals surface area contributed by atoms with Crippen molar-refractivity contribution in [3.05, 3.63) is 52.4 Å². The first-order valence-electron chi connectivity index (χ1n) is 5.93. The predicted octanol–water partition coefficient (Wildman–Crippen LogP) is 3.73. The lowest BCUT2D eigenvalue weighted by Gasteiger charge is -2.03. The highest BCUT2D eigenvalue weighted by atomic mass is 79.9. The van der Waals surface area contributed by atoms with Gasteiger partial charge in [0.2, 0.25) is 0 Å². The average molecular weight is 310 g/mol. The van der Waals surface area contributed by atoms with Crippen molar-refractivity contribution in [2.75, 3.05) is 6.54 Å². The second-order valence-corrected chi connectivity index (χ2v) is 4.86. The highest BCUT2D eigenvalue weighted by molar-refractivity contribution is 9.10. The van der Waals surface area contributed by atoms with Crippen LogP contribution in [0.25, 0.3) is 0 Å². The van der Waals surface area contributed by atoms with E-state index in [0.717, 1.165) is 34.6 Å². The molecule has 1 aromatic carbocycles. The molecular weight excluding hydrogens is 294 g/mol. The zero-order valence-electron chi connectivity index (χ0n) is 10.3. The third kappa shape index (κ3) is 3.89. The molecule has 3 nitrogen and oxygen atoms in total. The molecule has 0 aliphatic heterocycles. The van der Waals surface area contributed by atoms with Crippen molar-refractivity contribution in [3.8, 4) is 5.75 Å². The number of halogens is 1. The van der Waals surface area contributed by atoms with Gasteiger partial charge in [0.25, 0.3) is 0 Å². The Hall–Kier alpha value is -1.26. The van der Waals surface area contributed by atoms with Gasteiger partial charge in [-0.3, -0.25) is 0 Å². The lowest BCUT2D eigenvalue weighted by molar-refractivity contribution is 0.270. The molecule has 2 rings (SSSR count). The normalized spacial score (nSPS) is 10.6. The van der Waals surface area contributed by atoms with Crippen molar-refractivity contribution in [2.24, 2.45) is 0 Å². The molecule has 0 saturated carbocycles. The van der Waals surface area contributed by atoms with Crippen LogP contribution < -0.4 is 10.1 Å². The smallest absolute Gasteiger partial charge is 0.146 e. The van der Waals surface area contributed by atoms with Crippen LogP contribution in [0.15, 0.2) is 45.5 Å². The molecule has 0 aliphatic rings. The molecule has 4 heteroatoms. The largest absolute Gasteiger partial charge is 0.486 e. The third-order valence-corrected chi connectivity index (χ3v) is 3.01. The summed E-state index contributed by atoms with van der Waals surface area (Å²) < 4.78 is 12.1. The van der Waals surface area contributed by atoms with Gasteiger partial charge >= 0.3 is 0 Å². The fraction of sp³-hybridized carbons (Fsp3) is 0.286. The summed E-state index contributed by atoms with van der Waals surface area (Å²) in [5.41, 5.74) is 1.14. The standard InChI is InChI=1S/C14H16BrNO2/c1-2-16-8-11-7-14(17-9-11)10-18-13-5-3-12(15)4-6-13/h3-7,9,16H,2,8,10H2,1H3. The SMILES string of the molecule is CCNCc1coc(COc2ccc(Br)cc2)c1. The molecule has 96 valence electrons. The van der Waals surface area contributed by atoms with Gasteiger partial charge in [0.05, 0.1) is 6.26 Å². The van der Waals surface area contributed by atoms with E-state index in [4.69, 9.17) is 9.15 Å². The molecule has 18 heavy (non-hydrogen) atoms. The zero-order chi connectivity index (χ0) is 12.8. The lowest BCUT2D eigenvalue weighted by Crippen LogP contribution is -2.10. The first-order chi connectivity index (χ1) is 8.78. The highest BCUT2D eigenvalue weighted by Crippen LogP contribution is 2.18. The molecule has 0 fully saturated rings. The third-order valence-electron chi connectivity index (χ3n) is 2.48. The topological polar surface area (TPSA) is 34.4 Å². The van der Waals surface area contributed by atoms with Crippen LogP contribution in [0.1, 0.15) is 18.2 Å². The molecule has 0 bridgehead atoms. The Morgan fingerprint density at radius 2 is 2.06 bits per heavy atom. The fourth-order valence-corrected chi connectivity index (χ4v) is 1.81. The van der Waals surface area contributed by atoms with Crippen LogP contribution in [0.5, 0.6) is 5.75 Å². The van der Waals surface area contributed by atoms with E-state index >= 15 is 0 Å². The van der Waals surface area contributed by atoms with E-state index in [9.17, 15) is 0 Å². The van der Waals surface area contributed by atoms with Crippen LogP contribution in [0.3, 0.4) is 0 Å². The van der Waals surface area contributed by atoms with E-state index in [1.807, 2.05) is 30.3 Å². The molecule has 1 heterocycles. The minimum atomic E-state index is 0.452. The summed E-state index contributed by atoms with van der Waals surface area (Å²) in [6, 6.07) is 9.77. The van der Waals surface area contributed by atoms with Gasteiger partial charge in [-0.25, -0.2) is 0 Å². The molecule has 0 atom stereocenters. The molecule has 0 saturated heterocycles. The molecule has 0 aliphatic carbocycles. The Balaban J connectivity index is 1.86. The maximum Gasteiger partial charge on any atom is 0.146 e. The van der Waals surface area contributed by atoms with Crippen molar-refractivity contribution in [2.45, 2.75) is 20.1 Å². The van der Waals surface area contributed by atoms with Crippen LogP contribution in [0.2, 0.25) is 0 Å². The van der Waals surface area contributed by atoms with Crippen molar-refractivity contribution in [1.82, 2.24) is 5.32 Å². The number of hydrogen-bond acceptors (Lipinski definition) is 3. The Kier molecular flexibility index (Phi) is 4.84.